The Morgan fingerprint density at radius 1 is 0.879 bits per heavy atom. The highest BCUT2D eigenvalue weighted by Crippen LogP contribution is 2.48. The van der Waals surface area contributed by atoms with Crippen LogP contribution in [0, 0.1) is 13.8 Å². The molecule has 0 saturated carbocycles. The van der Waals surface area contributed by atoms with Crippen molar-refractivity contribution in [1.29, 1.82) is 0 Å². The molecule has 1 aliphatic rings. The number of ether oxygens (including phenoxy) is 5. The number of hydrogen-bond acceptors (Lipinski definition) is 9. The summed E-state index contributed by atoms with van der Waals surface area (Å²) in [6, 6.07) is 4.83. The molecule has 0 spiro atoms. The lowest BCUT2D eigenvalue weighted by atomic mass is 9.91. The van der Waals surface area contributed by atoms with E-state index in [1.807, 2.05) is 0 Å². The summed E-state index contributed by atoms with van der Waals surface area (Å²) in [6.07, 6.45) is -0.745. The lowest BCUT2D eigenvalue weighted by molar-refractivity contribution is -0.133. The topological polar surface area (TPSA) is 114 Å². The van der Waals surface area contributed by atoms with Gasteiger partial charge in [0.1, 0.15) is 23.2 Å². The summed E-state index contributed by atoms with van der Waals surface area (Å²) >= 11 is 0. The van der Waals surface area contributed by atoms with E-state index in [2.05, 4.69) is 0 Å². The molecule has 1 unspecified atom stereocenters. The molecule has 1 aliphatic heterocycles. The van der Waals surface area contributed by atoms with Crippen molar-refractivity contribution < 1.29 is 42.9 Å². The second-order valence-corrected chi connectivity index (χ2v) is 7.54. The van der Waals surface area contributed by atoms with Crippen molar-refractivity contribution >= 4 is 23.7 Å². The first-order valence-electron chi connectivity index (χ1n) is 10.1. The van der Waals surface area contributed by atoms with Gasteiger partial charge in [-0.15, -0.1) is 0 Å². The Morgan fingerprint density at radius 2 is 1.48 bits per heavy atom. The Balaban J connectivity index is 2.11. The van der Waals surface area contributed by atoms with Gasteiger partial charge < -0.3 is 23.7 Å². The molecule has 1 atom stereocenters. The minimum atomic E-state index is -0.706. The minimum Gasteiger partial charge on any atom is -0.493 e. The molecule has 0 aromatic heterocycles. The molecule has 2 aromatic carbocycles. The Labute approximate surface area is 190 Å². The molecule has 0 N–H and O–H groups in total. The van der Waals surface area contributed by atoms with Crippen LogP contribution in [0.2, 0.25) is 0 Å². The third-order valence-electron chi connectivity index (χ3n) is 5.03. The van der Waals surface area contributed by atoms with Gasteiger partial charge in [0.05, 0.1) is 13.5 Å². The quantitative estimate of drug-likeness (QED) is 0.489. The van der Waals surface area contributed by atoms with Crippen molar-refractivity contribution in [2.45, 2.75) is 47.1 Å². The first-order valence-corrected chi connectivity index (χ1v) is 10.1. The molecular formula is C24H24O9. The molecule has 9 heteroatoms. The van der Waals surface area contributed by atoms with Crippen LogP contribution in [0.3, 0.4) is 0 Å². The lowest BCUT2D eigenvalue weighted by Crippen LogP contribution is -2.24. The monoisotopic (exact) mass is 456 g/mol. The summed E-state index contributed by atoms with van der Waals surface area (Å²) in [7, 11) is 1.43. The van der Waals surface area contributed by atoms with Crippen molar-refractivity contribution in [2.75, 3.05) is 7.11 Å². The summed E-state index contributed by atoms with van der Waals surface area (Å²) in [6.45, 7) is 6.99. The van der Waals surface area contributed by atoms with Crippen LogP contribution in [-0.2, 0) is 14.4 Å². The summed E-state index contributed by atoms with van der Waals surface area (Å²) in [5.74, 6) is -1.14. The van der Waals surface area contributed by atoms with Crippen LogP contribution in [-0.4, -0.2) is 30.8 Å². The van der Waals surface area contributed by atoms with E-state index in [0.29, 0.717) is 22.4 Å². The van der Waals surface area contributed by atoms with Crippen LogP contribution in [0.25, 0.3) is 0 Å². The van der Waals surface area contributed by atoms with Gasteiger partial charge in [0.15, 0.2) is 23.0 Å². The van der Waals surface area contributed by atoms with E-state index in [-0.39, 0.29) is 40.8 Å². The highest BCUT2D eigenvalue weighted by Gasteiger charge is 2.36. The number of ketones is 1. The largest absolute Gasteiger partial charge is 0.493 e. The maximum Gasteiger partial charge on any atom is 0.308 e. The third kappa shape index (κ3) is 4.82. The highest BCUT2D eigenvalue weighted by atomic mass is 16.6. The number of carbonyl (C=O) groups excluding carboxylic acids is 4. The maximum atomic E-state index is 13.2. The molecule has 2 aromatic rings. The first-order chi connectivity index (χ1) is 15.5. The number of esters is 3. The second kappa shape index (κ2) is 9.32. The fraction of sp³-hybridized carbons (Fsp3) is 0.333. The number of carbonyl (C=O) groups is 4. The van der Waals surface area contributed by atoms with E-state index < -0.39 is 24.0 Å². The second-order valence-electron chi connectivity index (χ2n) is 7.54. The maximum absolute atomic E-state index is 13.2. The Bertz CT molecular complexity index is 1160. The third-order valence-corrected chi connectivity index (χ3v) is 5.03. The molecule has 33 heavy (non-hydrogen) atoms. The van der Waals surface area contributed by atoms with Crippen molar-refractivity contribution in [3.63, 3.8) is 0 Å². The number of fused-ring (bicyclic) bond motifs is 1. The van der Waals surface area contributed by atoms with Crippen molar-refractivity contribution in [2.24, 2.45) is 0 Å². The molecule has 174 valence electrons. The highest BCUT2D eigenvalue weighted by molar-refractivity contribution is 6.04. The molecule has 3 rings (SSSR count). The van der Waals surface area contributed by atoms with Gasteiger partial charge in [-0.2, -0.15) is 0 Å². The molecule has 1 heterocycles. The minimum absolute atomic E-state index is 0.00517. The molecule has 0 amide bonds. The SMILES string of the molecule is COc1cc(C2CC(=O)c3c(OC(C)=O)c(C)c(OC(C)=O)c(C)c3O2)ccc1OC(C)=O. The Morgan fingerprint density at radius 3 is 2.06 bits per heavy atom. The van der Waals surface area contributed by atoms with E-state index in [0.717, 1.165) is 0 Å². The number of methoxy groups -OCH3 is 1. The fourth-order valence-corrected chi connectivity index (χ4v) is 3.70. The van der Waals surface area contributed by atoms with Gasteiger partial charge in [0.2, 0.25) is 0 Å². The standard InChI is InChI=1S/C24H24O9/c1-11-22(31-14(4)26)12(2)24-21(23(11)32-15(5)27)17(28)10-19(33-24)16-7-8-18(30-13(3)25)20(9-16)29-6/h7-9,19H,10H2,1-6H3. The average molecular weight is 456 g/mol. The van der Waals surface area contributed by atoms with Crippen LogP contribution >= 0.6 is 0 Å². The zero-order chi connectivity index (χ0) is 24.4. The molecule has 0 aliphatic carbocycles. The normalized spacial score (nSPS) is 14.6. The summed E-state index contributed by atoms with van der Waals surface area (Å²) in [4.78, 5) is 47.9. The zero-order valence-corrected chi connectivity index (χ0v) is 19.2. The van der Waals surface area contributed by atoms with Crippen molar-refractivity contribution in [3.8, 4) is 28.7 Å². The molecule has 0 radical (unpaired) electrons. The summed E-state index contributed by atoms with van der Waals surface area (Å²) < 4.78 is 27.3. The van der Waals surface area contributed by atoms with Crippen molar-refractivity contribution in [1.82, 2.24) is 0 Å². The van der Waals surface area contributed by atoms with Gasteiger partial charge in [-0.25, -0.2) is 0 Å². The van der Waals surface area contributed by atoms with Crippen molar-refractivity contribution in [3.05, 3.63) is 40.5 Å². The van der Waals surface area contributed by atoms with E-state index in [1.165, 1.54) is 27.9 Å². The molecule has 9 nitrogen and oxygen atoms in total. The number of benzene rings is 2. The van der Waals surface area contributed by atoms with Crippen LogP contribution in [0.4, 0.5) is 0 Å². The molecular weight excluding hydrogens is 432 g/mol. The van der Waals surface area contributed by atoms with Gasteiger partial charge in [0, 0.05) is 31.9 Å². The number of rotatable bonds is 5. The van der Waals surface area contributed by atoms with Gasteiger partial charge in [-0.3, -0.25) is 19.2 Å². The molecule has 0 saturated heterocycles. The summed E-state index contributed by atoms with van der Waals surface area (Å²) in [5, 5.41) is 0. The number of Topliss-reactive ketones (excluding diaryl/α,β-unsaturated/α-hetero) is 1. The Hall–Kier alpha value is -3.88. The Kier molecular flexibility index (Phi) is 6.71. The fourth-order valence-electron chi connectivity index (χ4n) is 3.70. The van der Waals surface area contributed by atoms with Gasteiger partial charge in [-0.1, -0.05) is 6.07 Å². The van der Waals surface area contributed by atoms with E-state index in [1.54, 1.807) is 32.0 Å². The van der Waals surface area contributed by atoms with Gasteiger partial charge in [-0.05, 0) is 31.5 Å². The lowest BCUT2D eigenvalue weighted by Gasteiger charge is -2.30. The van der Waals surface area contributed by atoms with E-state index >= 15 is 0 Å². The van der Waals surface area contributed by atoms with E-state index in [4.69, 9.17) is 23.7 Å². The smallest absolute Gasteiger partial charge is 0.308 e. The van der Waals surface area contributed by atoms with Crippen LogP contribution in [0.15, 0.2) is 18.2 Å². The predicted molar refractivity (Wildman–Crippen MR) is 115 cm³/mol. The predicted octanol–water partition coefficient (Wildman–Crippen LogP) is 3.79. The van der Waals surface area contributed by atoms with Crippen LogP contribution in [0.1, 0.15) is 60.3 Å². The summed E-state index contributed by atoms with van der Waals surface area (Å²) in [5.41, 5.74) is 1.50. The van der Waals surface area contributed by atoms with Crippen LogP contribution < -0.4 is 23.7 Å². The number of hydrogen-bond donors (Lipinski definition) is 0. The van der Waals surface area contributed by atoms with Gasteiger partial charge >= 0.3 is 17.9 Å². The molecule has 0 bridgehead atoms. The van der Waals surface area contributed by atoms with Crippen LogP contribution in [0.5, 0.6) is 28.7 Å². The average Bonchev–Trinajstić information content (AvgIpc) is 2.73. The zero-order valence-electron chi connectivity index (χ0n) is 19.2. The van der Waals surface area contributed by atoms with E-state index in [9.17, 15) is 19.2 Å². The molecule has 0 fully saturated rings. The van der Waals surface area contributed by atoms with Gasteiger partial charge in [0.25, 0.3) is 0 Å². The first kappa shape index (κ1) is 23.8.